The standard InChI is InChI=1S/C20H15Cl2N3O2S/c21-12-3-1-11(2-4-12)18(26)25-20-24-17-15(9-10-16(17)28-20)19(27)23-14-7-5-13(22)6-8-14/h1-8,15H,9-10H2,(H,23,27)(H,24,25,26). The van der Waals surface area contributed by atoms with Gasteiger partial charge in [-0.15, -0.1) is 11.3 Å². The molecule has 0 saturated heterocycles. The number of rotatable bonds is 4. The van der Waals surface area contributed by atoms with Crippen molar-refractivity contribution in [3.63, 3.8) is 0 Å². The summed E-state index contributed by atoms with van der Waals surface area (Å²) in [6.45, 7) is 0. The van der Waals surface area contributed by atoms with Crippen LogP contribution in [0.5, 0.6) is 0 Å². The Morgan fingerprint density at radius 2 is 1.61 bits per heavy atom. The highest BCUT2D eigenvalue weighted by Gasteiger charge is 2.33. The lowest BCUT2D eigenvalue weighted by atomic mass is 10.1. The maximum Gasteiger partial charge on any atom is 0.257 e. The van der Waals surface area contributed by atoms with Gasteiger partial charge in [-0.3, -0.25) is 14.9 Å². The average Bonchev–Trinajstić information content (AvgIpc) is 3.24. The number of hydrogen-bond donors (Lipinski definition) is 2. The molecule has 1 aliphatic carbocycles. The summed E-state index contributed by atoms with van der Waals surface area (Å²) in [7, 11) is 0. The molecular formula is C20H15Cl2N3O2S. The second-order valence-electron chi connectivity index (χ2n) is 6.38. The number of hydrogen-bond acceptors (Lipinski definition) is 4. The van der Waals surface area contributed by atoms with Gasteiger partial charge in [-0.25, -0.2) is 4.98 Å². The van der Waals surface area contributed by atoms with E-state index in [4.69, 9.17) is 23.2 Å². The SMILES string of the molecule is O=C(Nc1nc2c(s1)CCC2C(=O)Nc1ccc(Cl)cc1)c1ccc(Cl)cc1. The Balaban J connectivity index is 1.46. The van der Waals surface area contributed by atoms with Crippen LogP contribution in [0.1, 0.15) is 33.3 Å². The number of thiazole rings is 1. The molecule has 2 N–H and O–H groups in total. The minimum Gasteiger partial charge on any atom is -0.326 e. The summed E-state index contributed by atoms with van der Waals surface area (Å²) in [6.07, 6.45) is 1.47. The van der Waals surface area contributed by atoms with Crippen LogP contribution < -0.4 is 10.6 Å². The topological polar surface area (TPSA) is 71.1 Å². The van der Waals surface area contributed by atoms with Crippen LogP contribution in [0.4, 0.5) is 10.8 Å². The van der Waals surface area contributed by atoms with Crippen molar-refractivity contribution in [2.45, 2.75) is 18.8 Å². The van der Waals surface area contributed by atoms with Crippen molar-refractivity contribution in [3.8, 4) is 0 Å². The monoisotopic (exact) mass is 431 g/mol. The van der Waals surface area contributed by atoms with Gasteiger partial charge < -0.3 is 5.32 Å². The Labute approximate surface area is 175 Å². The summed E-state index contributed by atoms with van der Waals surface area (Å²) in [5.41, 5.74) is 1.93. The van der Waals surface area contributed by atoms with Crippen LogP contribution in [0, 0.1) is 0 Å². The highest BCUT2D eigenvalue weighted by Crippen LogP contribution is 2.39. The van der Waals surface area contributed by atoms with Crippen LogP contribution >= 0.6 is 34.5 Å². The Morgan fingerprint density at radius 1 is 0.964 bits per heavy atom. The van der Waals surface area contributed by atoms with Crippen LogP contribution in [0.2, 0.25) is 10.0 Å². The van der Waals surface area contributed by atoms with Gasteiger partial charge in [-0.2, -0.15) is 0 Å². The maximum absolute atomic E-state index is 12.7. The average molecular weight is 432 g/mol. The smallest absolute Gasteiger partial charge is 0.257 e. The van der Waals surface area contributed by atoms with E-state index in [1.54, 1.807) is 48.5 Å². The van der Waals surface area contributed by atoms with E-state index in [-0.39, 0.29) is 17.7 Å². The fourth-order valence-corrected chi connectivity index (χ4v) is 4.35. The zero-order valence-electron chi connectivity index (χ0n) is 14.5. The third-order valence-electron chi connectivity index (χ3n) is 4.47. The second kappa shape index (κ2) is 7.91. The molecule has 1 unspecified atom stereocenters. The number of aryl methyl sites for hydroxylation is 1. The van der Waals surface area contributed by atoms with E-state index < -0.39 is 0 Å². The van der Waals surface area contributed by atoms with Crippen LogP contribution in [-0.2, 0) is 11.2 Å². The number of nitrogens with one attached hydrogen (secondary N) is 2. The van der Waals surface area contributed by atoms with E-state index >= 15 is 0 Å². The van der Waals surface area contributed by atoms with Gasteiger partial charge in [0.05, 0.1) is 11.6 Å². The van der Waals surface area contributed by atoms with E-state index in [1.807, 2.05) is 0 Å². The first-order chi connectivity index (χ1) is 13.5. The van der Waals surface area contributed by atoms with E-state index in [1.165, 1.54) is 11.3 Å². The molecule has 1 atom stereocenters. The minimum absolute atomic E-state index is 0.109. The first-order valence-corrected chi connectivity index (χ1v) is 10.2. The lowest BCUT2D eigenvalue weighted by Gasteiger charge is -2.11. The molecule has 2 aromatic carbocycles. The van der Waals surface area contributed by atoms with Crippen molar-refractivity contribution in [2.75, 3.05) is 10.6 Å². The fourth-order valence-electron chi connectivity index (χ4n) is 3.07. The molecule has 0 bridgehead atoms. The van der Waals surface area contributed by atoms with Gasteiger partial charge in [0, 0.05) is 26.2 Å². The van der Waals surface area contributed by atoms with Crippen LogP contribution in [-0.4, -0.2) is 16.8 Å². The Morgan fingerprint density at radius 3 is 2.29 bits per heavy atom. The van der Waals surface area contributed by atoms with Crippen molar-refractivity contribution >= 4 is 57.2 Å². The molecule has 0 aliphatic heterocycles. The lowest BCUT2D eigenvalue weighted by molar-refractivity contribution is -0.117. The van der Waals surface area contributed by atoms with E-state index in [0.717, 1.165) is 17.0 Å². The van der Waals surface area contributed by atoms with Crippen LogP contribution in [0.3, 0.4) is 0 Å². The number of amides is 2. The van der Waals surface area contributed by atoms with Gasteiger partial charge in [0.2, 0.25) is 5.91 Å². The van der Waals surface area contributed by atoms with E-state index in [2.05, 4.69) is 15.6 Å². The fraction of sp³-hybridized carbons (Fsp3) is 0.150. The minimum atomic E-state index is -0.330. The van der Waals surface area contributed by atoms with Crippen molar-refractivity contribution in [2.24, 2.45) is 0 Å². The normalized spacial score (nSPS) is 15.1. The zero-order chi connectivity index (χ0) is 19.7. The Hall–Kier alpha value is -2.41. The number of carbonyl (C=O) groups excluding carboxylic acids is 2. The second-order valence-corrected chi connectivity index (χ2v) is 8.33. The molecule has 0 fully saturated rings. The largest absolute Gasteiger partial charge is 0.326 e. The predicted molar refractivity (Wildman–Crippen MR) is 113 cm³/mol. The van der Waals surface area contributed by atoms with Gasteiger partial charge in [-0.1, -0.05) is 23.2 Å². The van der Waals surface area contributed by atoms with Crippen molar-refractivity contribution < 1.29 is 9.59 Å². The Bertz CT molecular complexity index is 1030. The van der Waals surface area contributed by atoms with Crippen molar-refractivity contribution in [1.82, 2.24) is 4.98 Å². The molecule has 1 heterocycles. The number of anilines is 2. The molecule has 0 spiro atoms. The Kier molecular flexibility index (Phi) is 5.35. The quantitative estimate of drug-likeness (QED) is 0.582. The molecule has 2 amide bonds. The summed E-state index contributed by atoms with van der Waals surface area (Å²) in [5.74, 6) is -0.698. The lowest BCUT2D eigenvalue weighted by Crippen LogP contribution is -2.20. The molecule has 142 valence electrons. The number of fused-ring (bicyclic) bond motifs is 1. The zero-order valence-corrected chi connectivity index (χ0v) is 16.9. The van der Waals surface area contributed by atoms with Gasteiger partial charge in [-0.05, 0) is 61.4 Å². The molecule has 8 heteroatoms. The number of nitrogens with zero attached hydrogens (tertiary/aromatic N) is 1. The van der Waals surface area contributed by atoms with Gasteiger partial charge in [0.1, 0.15) is 0 Å². The summed E-state index contributed by atoms with van der Waals surface area (Å²) in [6, 6.07) is 13.6. The van der Waals surface area contributed by atoms with E-state index in [0.29, 0.717) is 32.8 Å². The molecule has 4 rings (SSSR count). The molecule has 0 saturated carbocycles. The van der Waals surface area contributed by atoms with Crippen LogP contribution in [0.15, 0.2) is 48.5 Å². The number of carbonyl (C=O) groups is 2. The molecule has 1 aromatic heterocycles. The van der Waals surface area contributed by atoms with Gasteiger partial charge in [0.25, 0.3) is 5.91 Å². The molecule has 3 aromatic rings. The summed E-state index contributed by atoms with van der Waals surface area (Å²) in [4.78, 5) is 30.6. The highest BCUT2D eigenvalue weighted by atomic mass is 35.5. The molecule has 28 heavy (non-hydrogen) atoms. The first-order valence-electron chi connectivity index (χ1n) is 8.62. The summed E-state index contributed by atoms with van der Waals surface area (Å²) < 4.78 is 0. The van der Waals surface area contributed by atoms with Crippen LogP contribution in [0.25, 0.3) is 0 Å². The number of halogens is 2. The predicted octanol–water partition coefficient (Wildman–Crippen LogP) is 5.37. The maximum atomic E-state index is 12.7. The van der Waals surface area contributed by atoms with E-state index in [9.17, 15) is 9.59 Å². The third kappa shape index (κ3) is 4.04. The van der Waals surface area contributed by atoms with Gasteiger partial charge >= 0.3 is 0 Å². The van der Waals surface area contributed by atoms with Crippen molar-refractivity contribution in [3.05, 3.63) is 74.7 Å². The highest BCUT2D eigenvalue weighted by molar-refractivity contribution is 7.16. The van der Waals surface area contributed by atoms with Gasteiger partial charge in [0.15, 0.2) is 5.13 Å². The molecular weight excluding hydrogens is 417 g/mol. The summed E-state index contributed by atoms with van der Waals surface area (Å²) >= 11 is 13.1. The molecule has 0 radical (unpaired) electrons. The number of aromatic nitrogens is 1. The first kappa shape index (κ1) is 18.9. The molecule has 5 nitrogen and oxygen atoms in total. The number of benzene rings is 2. The van der Waals surface area contributed by atoms with Crippen molar-refractivity contribution in [1.29, 1.82) is 0 Å². The molecule has 1 aliphatic rings. The third-order valence-corrected chi connectivity index (χ3v) is 6.02. The summed E-state index contributed by atoms with van der Waals surface area (Å²) in [5, 5.41) is 7.38.